The van der Waals surface area contributed by atoms with E-state index in [0.29, 0.717) is 45.5 Å². The van der Waals surface area contributed by atoms with Crippen molar-refractivity contribution < 1.29 is 38.4 Å². The average molecular weight is 716 g/mol. The minimum absolute atomic E-state index is 0.0914. The summed E-state index contributed by atoms with van der Waals surface area (Å²) in [6.07, 6.45) is 4.74. The van der Waals surface area contributed by atoms with Crippen molar-refractivity contribution in [3.05, 3.63) is 104 Å². The number of Topliss-reactive ketones (excluding diaryl/α,β-unsaturated/α-hetero) is 1. The highest BCUT2D eigenvalue weighted by Crippen LogP contribution is 2.42. The summed E-state index contributed by atoms with van der Waals surface area (Å²) in [5.41, 5.74) is 1.21. The summed E-state index contributed by atoms with van der Waals surface area (Å²) in [7, 11) is 3.15. The van der Waals surface area contributed by atoms with Crippen LogP contribution in [0.2, 0.25) is 0 Å². The van der Waals surface area contributed by atoms with Gasteiger partial charge in [-0.1, -0.05) is 23.5 Å². The van der Waals surface area contributed by atoms with Crippen LogP contribution in [0.15, 0.2) is 76.5 Å². The van der Waals surface area contributed by atoms with E-state index in [1.165, 1.54) is 4.90 Å². The zero-order valence-electron chi connectivity index (χ0n) is 29.6. The molecule has 0 radical (unpaired) electrons. The molecule has 2 heterocycles. The SMILES string of the molecule is COCOc1c(C)cc(Oc2cc(N(C)C(=O)OC(C)(C)C)ccc2C2(C(=O)COc3ccc(Cc4sc(=O)[nH]c4O)cc3)C=CC=N2)cc1C. The standard InChI is InChI=1S/C38H41N3O9S/c1-23-17-28(18-24(2)33(23)48-22-46-7)49-30-20-26(41(6)36(45)50-37(3,4)5)11-14-29(30)38(15-8-16-39-38)32(42)21-47-27-12-9-25(10-13-27)19-31-34(43)40-35(44)51-31/h8-18,20,43H,19,21-22H2,1-7H3,(H,40,44). The molecule has 0 spiro atoms. The smallest absolute Gasteiger partial charge is 0.414 e. The van der Waals surface area contributed by atoms with Gasteiger partial charge in [0.15, 0.2) is 12.3 Å². The number of carbonyl (C=O) groups is 2. The molecule has 0 fully saturated rings. The summed E-state index contributed by atoms with van der Waals surface area (Å²) in [6, 6.07) is 15.8. The molecule has 1 amide bonds. The number of H-pyrrole nitrogens is 1. The molecule has 268 valence electrons. The summed E-state index contributed by atoms with van der Waals surface area (Å²) in [4.78, 5) is 47.2. The van der Waals surface area contributed by atoms with Crippen LogP contribution in [0.3, 0.4) is 0 Å². The van der Waals surface area contributed by atoms with Crippen LogP contribution in [0, 0.1) is 13.8 Å². The second-order valence-electron chi connectivity index (χ2n) is 13.0. The van der Waals surface area contributed by atoms with E-state index in [0.717, 1.165) is 28.0 Å². The van der Waals surface area contributed by atoms with Crippen LogP contribution in [0.4, 0.5) is 10.5 Å². The summed E-state index contributed by atoms with van der Waals surface area (Å²) in [6.45, 7) is 8.93. The van der Waals surface area contributed by atoms with Crippen molar-refractivity contribution in [3.63, 3.8) is 0 Å². The molecule has 51 heavy (non-hydrogen) atoms. The third kappa shape index (κ3) is 8.67. The number of amides is 1. The number of aromatic nitrogens is 1. The molecule has 4 aromatic rings. The van der Waals surface area contributed by atoms with Crippen molar-refractivity contribution in [2.24, 2.45) is 4.99 Å². The largest absolute Gasteiger partial charge is 0.494 e. The van der Waals surface area contributed by atoms with Crippen molar-refractivity contribution in [1.29, 1.82) is 0 Å². The van der Waals surface area contributed by atoms with Gasteiger partial charge in [-0.05, 0) is 99.9 Å². The number of aliphatic imine (C=N–C) groups is 1. The van der Waals surface area contributed by atoms with Crippen LogP contribution in [0.1, 0.15) is 47.9 Å². The number of rotatable bonds is 13. The van der Waals surface area contributed by atoms with Crippen LogP contribution in [0.25, 0.3) is 0 Å². The number of nitrogens with one attached hydrogen (secondary N) is 1. The van der Waals surface area contributed by atoms with E-state index < -0.39 is 17.2 Å². The van der Waals surface area contributed by atoms with Crippen molar-refractivity contribution in [3.8, 4) is 28.9 Å². The van der Waals surface area contributed by atoms with Crippen LogP contribution >= 0.6 is 11.3 Å². The number of nitrogens with zero attached hydrogens (tertiary/aromatic N) is 2. The van der Waals surface area contributed by atoms with E-state index in [4.69, 9.17) is 23.7 Å². The molecule has 1 atom stereocenters. The Bertz CT molecular complexity index is 1990. The highest BCUT2D eigenvalue weighted by molar-refractivity contribution is 7.09. The summed E-state index contributed by atoms with van der Waals surface area (Å²) < 4.78 is 28.9. The van der Waals surface area contributed by atoms with Gasteiger partial charge in [0.05, 0.1) is 10.6 Å². The van der Waals surface area contributed by atoms with Crippen molar-refractivity contribution in [2.75, 3.05) is 32.5 Å². The van der Waals surface area contributed by atoms with Crippen LogP contribution in [-0.2, 0) is 26.2 Å². The quantitative estimate of drug-likeness (QED) is 0.140. The summed E-state index contributed by atoms with van der Waals surface area (Å²) in [5, 5.41) is 9.92. The predicted molar refractivity (Wildman–Crippen MR) is 195 cm³/mol. The molecule has 13 heteroatoms. The lowest BCUT2D eigenvalue weighted by Gasteiger charge is -2.28. The molecule has 1 unspecified atom stereocenters. The molecule has 0 aliphatic carbocycles. The second-order valence-corrected chi connectivity index (χ2v) is 14.0. The molecule has 0 saturated heterocycles. The Morgan fingerprint density at radius 3 is 2.29 bits per heavy atom. The number of aromatic amines is 1. The zero-order chi connectivity index (χ0) is 36.9. The second kappa shape index (κ2) is 15.2. The van der Waals surface area contributed by atoms with Gasteiger partial charge >= 0.3 is 11.0 Å². The first kappa shape index (κ1) is 36.9. The van der Waals surface area contributed by atoms with E-state index in [2.05, 4.69) is 9.98 Å². The fourth-order valence-corrected chi connectivity index (χ4v) is 6.23. The molecule has 0 bridgehead atoms. The van der Waals surface area contributed by atoms with Crippen molar-refractivity contribution >= 4 is 35.1 Å². The Hall–Kier alpha value is -5.40. The van der Waals surface area contributed by atoms with E-state index in [1.807, 2.05) is 26.0 Å². The fourth-order valence-electron chi connectivity index (χ4n) is 5.48. The monoisotopic (exact) mass is 715 g/mol. The Labute approximate surface area is 299 Å². The minimum atomic E-state index is -1.48. The molecular weight excluding hydrogens is 674 g/mol. The van der Waals surface area contributed by atoms with Crippen LogP contribution in [-0.4, -0.2) is 61.3 Å². The molecular formula is C38H41N3O9S. The first-order valence-electron chi connectivity index (χ1n) is 16.1. The maximum atomic E-state index is 14.1. The predicted octanol–water partition coefficient (Wildman–Crippen LogP) is 6.98. The Balaban J connectivity index is 1.44. The lowest BCUT2D eigenvalue weighted by molar-refractivity contribution is -0.124. The van der Waals surface area contributed by atoms with Crippen LogP contribution in [0.5, 0.6) is 28.9 Å². The Kier molecular flexibility index (Phi) is 11.0. The van der Waals surface area contributed by atoms with E-state index >= 15 is 0 Å². The maximum Gasteiger partial charge on any atom is 0.414 e. The van der Waals surface area contributed by atoms with Gasteiger partial charge in [0.2, 0.25) is 11.7 Å². The first-order chi connectivity index (χ1) is 24.2. The molecule has 1 aliphatic rings. The van der Waals surface area contributed by atoms with Gasteiger partial charge in [0.25, 0.3) is 0 Å². The highest BCUT2D eigenvalue weighted by Gasteiger charge is 2.41. The number of ketones is 1. The van der Waals surface area contributed by atoms with Gasteiger partial charge in [0.1, 0.15) is 35.2 Å². The number of anilines is 1. The van der Waals surface area contributed by atoms with Crippen LogP contribution < -0.4 is 24.0 Å². The molecule has 0 saturated carbocycles. The molecule has 1 aromatic heterocycles. The van der Waals surface area contributed by atoms with E-state index in [-0.39, 0.29) is 29.9 Å². The van der Waals surface area contributed by atoms with Gasteiger partial charge in [0, 0.05) is 38.4 Å². The number of benzene rings is 3. The normalized spacial score (nSPS) is 15.1. The molecule has 1 aliphatic heterocycles. The zero-order valence-corrected chi connectivity index (χ0v) is 30.4. The van der Waals surface area contributed by atoms with Gasteiger partial charge in [-0.2, -0.15) is 0 Å². The number of ether oxygens (including phenoxy) is 5. The summed E-state index contributed by atoms with van der Waals surface area (Å²) in [5.74, 6) is 1.40. The van der Waals surface area contributed by atoms with Gasteiger partial charge in [-0.15, -0.1) is 0 Å². The van der Waals surface area contributed by atoms with E-state index in [9.17, 15) is 19.5 Å². The molecule has 12 nitrogen and oxygen atoms in total. The highest BCUT2D eigenvalue weighted by atomic mass is 32.1. The number of aromatic hydroxyl groups is 1. The van der Waals surface area contributed by atoms with Crippen molar-refractivity contribution in [2.45, 2.75) is 52.2 Å². The van der Waals surface area contributed by atoms with Crippen molar-refractivity contribution in [1.82, 2.24) is 4.98 Å². The molecule has 2 N–H and O–H groups in total. The molecule has 5 rings (SSSR count). The first-order valence-corrected chi connectivity index (χ1v) is 16.9. The number of aryl methyl sites for hydroxylation is 2. The lowest BCUT2D eigenvalue weighted by Crippen LogP contribution is -2.36. The molecule has 3 aromatic carbocycles. The van der Waals surface area contributed by atoms with Gasteiger partial charge in [-0.25, -0.2) is 4.79 Å². The minimum Gasteiger partial charge on any atom is -0.494 e. The number of methoxy groups -OCH3 is 1. The third-order valence-corrected chi connectivity index (χ3v) is 8.77. The number of thiazole rings is 1. The maximum absolute atomic E-state index is 14.1. The fraction of sp³-hybridized carbons (Fsp3) is 0.316. The lowest BCUT2D eigenvalue weighted by atomic mass is 9.86. The van der Waals surface area contributed by atoms with Gasteiger partial charge in [-0.3, -0.25) is 24.5 Å². The Morgan fingerprint density at radius 1 is 1.00 bits per heavy atom. The summed E-state index contributed by atoms with van der Waals surface area (Å²) >= 11 is 0.948. The topological polar surface area (TPSA) is 149 Å². The number of allylic oxidation sites excluding steroid dienone is 1. The van der Waals surface area contributed by atoms with Gasteiger partial charge < -0.3 is 28.8 Å². The van der Waals surface area contributed by atoms with E-state index in [1.54, 1.807) is 95.8 Å². The number of carbonyl (C=O) groups excluding carboxylic acids is 2. The Morgan fingerprint density at radius 2 is 1.71 bits per heavy atom. The number of hydrogen-bond acceptors (Lipinski definition) is 11. The number of hydrogen-bond donors (Lipinski definition) is 2. The average Bonchev–Trinajstić information content (AvgIpc) is 3.69. The third-order valence-electron chi connectivity index (χ3n) is 7.90.